The predicted molar refractivity (Wildman–Crippen MR) is 225 cm³/mol. The second-order valence-electron chi connectivity index (χ2n) is 13.3. The third-order valence-electron chi connectivity index (χ3n) is 10.4. The van der Waals surface area contributed by atoms with E-state index in [1.165, 1.54) is 83.8 Å². The summed E-state index contributed by atoms with van der Waals surface area (Å²) in [5, 5.41) is 12.8. The van der Waals surface area contributed by atoms with Gasteiger partial charge in [-0.2, -0.15) is 0 Å². The molecular weight excluding hydrogens is 655 g/mol. The molecule has 0 aliphatic carbocycles. The van der Waals surface area contributed by atoms with E-state index in [9.17, 15) is 0 Å². The Morgan fingerprint density at radius 3 is 1.57 bits per heavy atom. The van der Waals surface area contributed by atoms with E-state index >= 15 is 0 Å². The smallest absolute Gasteiger partial charge is 0.0468 e. The van der Waals surface area contributed by atoms with Crippen molar-refractivity contribution in [1.29, 1.82) is 0 Å². The quantitative estimate of drug-likeness (QED) is 0.178. The lowest BCUT2D eigenvalue weighted by Gasteiger charge is -2.26. The van der Waals surface area contributed by atoms with Crippen LogP contribution in [0.2, 0.25) is 0 Å². The minimum absolute atomic E-state index is 1.14. The Bertz CT molecular complexity index is 3090. The molecular formula is C48H29NS2. The van der Waals surface area contributed by atoms with Gasteiger partial charge in [0.2, 0.25) is 0 Å². The molecule has 0 bridgehead atoms. The van der Waals surface area contributed by atoms with Crippen molar-refractivity contribution in [2.45, 2.75) is 0 Å². The standard InChI is InChI=1S/C48H29NS2/c1-3-12-32-26-34(22-20-30(32)10-1)49(35-23-21-31-11-2-4-13-33(31)27-35)36-24-25-46-43(28-36)44-29-42(37-14-5-6-16-39(37)48(44)51-46)41-18-9-17-40-38-15-7-8-19-45(38)50-47(40)41/h1-29H. The predicted octanol–water partition coefficient (Wildman–Crippen LogP) is 15.0. The van der Waals surface area contributed by atoms with Crippen LogP contribution in [-0.4, -0.2) is 0 Å². The Labute approximate surface area is 302 Å². The fraction of sp³-hybridized carbons (Fsp3) is 0. The summed E-state index contributed by atoms with van der Waals surface area (Å²) in [6, 6.07) is 64.9. The van der Waals surface area contributed by atoms with Gasteiger partial charge < -0.3 is 4.90 Å². The van der Waals surface area contributed by atoms with Crippen LogP contribution in [-0.2, 0) is 0 Å². The molecule has 0 saturated heterocycles. The van der Waals surface area contributed by atoms with Crippen LogP contribution in [0.25, 0.3) is 83.8 Å². The zero-order valence-electron chi connectivity index (χ0n) is 27.5. The summed E-state index contributed by atoms with van der Waals surface area (Å²) in [6.07, 6.45) is 0. The first-order chi connectivity index (χ1) is 25.3. The summed E-state index contributed by atoms with van der Waals surface area (Å²) in [5.41, 5.74) is 6.03. The second-order valence-corrected chi connectivity index (χ2v) is 15.4. The van der Waals surface area contributed by atoms with Crippen LogP contribution in [0.1, 0.15) is 0 Å². The average Bonchev–Trinajstić information content (AvgIpc) is 3.76. The summed E-state index contributed by atoms with van der Waals surface area (Å²) in [4.78, 5) is 2.42. The van der Waals surface area contributed by atoms with E-state index in [4.69, 9.17) is 0 Å². The Hall–Kier alpha value is -6.00. The first-order valence-electron chi connectivity index (χ1n) is 17.3. The molecule has 9 aromatic carbocycles. The van der Waals surface area contributed by atoms with Gasteiger partial charge in [0, 0.05) is 68.4 Å². The zero-order chi connectivity index (χ0) is 33.5. The molecule has 3 heteroatoms. The molecule has 0 spiro atoms. The van der Waals surface area contributed by atoms with E-state index < -0.39 is 0 Å². The highest BCUT2D eigenvalue weighted by Gasteiger charge is 2.19. The van der Waals surface area contributed by atoms with Crippen molar-refractivity contribution in [2.24, 2.45) is 0 Å². The van der Waals surface area contributed by atoms with Crippen LogP contribution in [0.3, 0.4) is 0 Å². The number of fused-ring (bicyclic) bond motifs is 10. The molecule has 0 saturated carbocycles. The van der Waals surface area contributed by atoms with Gasteiger partial charge in [-0.25, -0.2) is 0 Å². The lowest BCUT2D eigenvalue weighted by Crippen LogP contribution is -2.09. The molecule has 1 nitrogen and oxygen atoms in total. The van der Waals surface area contributed by atoms with Crippen molar-refractivity contribution in [3.8, 4) is 11.1 Å². The van der Waals surface area contributed by atoms with Crippen LogP contribution in [0.5, 0.6) is 0 Å². The van der Waals surface area contributed by atoms with Gasteiger partial charge in [-0.1, -0.05) is 121 Å². The molecule has 11 rings (SSSR count). The minimum atomic E-state index is 1.14. The van der Waals surface area contributed by atoms with Crippen molar-refractivity contribution in [1.82, 2.24) is 0 Å². The molecule has 0 atom stereocenters. The molecule has 0 fully saturated rings. The summed E-state index contributed by atoms with van der Waals surface area (Å²) in [7, 11) is 0. The number of benzene rings is 9. The fourth-order valence-electron chi connectivity index (χ4n) is 7.99. The Morgan fingerprint density at radius 1 is 0.294 bits per heavy atom. The van der Waals surface area contributed by atoms with Gasteiger partial charge in [0.15, 0.2) is 0 Å². The van der Waals surface area contributed by atoms with Crippen molar-refractivity contribution >= 4 is 112 Å². The highest BCUT2D eigenvalue weighted by molar-refractivity contribution is 7.27. The summed E-state index contributed by atoms with van der Waals surface area (Å²) in [5.74, 6) is 0. The summed E-state index contributed by atoms with van der Waals surface area (Å²) >= 11 is 3.80. The summed E-state index contributed by atoms with van der Waals surface area (Å²) in [6.45, 7) is 0. The number of hydrogen-bond donors (Lipinski definition) is 0. The van der Waals surface area contributed by atoms with Gasteiger partial charge in [-0.05, 0) is 87.1 Å². The van der Waals surface area contributed by atoms with Crippen molar-refractivity contribution in [3.63, 3.8) is 0 Å². The van der Waals surface area contributed by atoms with Gasteiger partial charge in [-0.3, -0.25) is 0 Å². The molecule has 2 aromatic heterocycles. The molecule has 0 N–H and O–H groups in total. The van der Waals surface area contributed by atoms with Crippen LogP contribution in [0.4, 0.5) is 17.1 Å². The van der Waals surface area contributed by atoms with Crippen molar-refractivity contribution < 1.29 is 0 Å². The maximum Gasteiger partial charge on any atom is 0.0468 e. The lowest BCUT2D eigenvalue weighted by atomic mass is 9.94. The molecule has 0 amide bonds. The Balaban J connectivity index is 1.17. The SMILES string of the molecule is c1ccc2cc(N(c3ccc4ccccc4c3)c3ccc4sc5c6ccccc6c(-c6cccc7c6sc6ccccc67)cc5c4c3)ccc2c1. The number of anilines is 3. The van der Waals surface area contributed by atoms with Gasteiger partial charge in [0.25, 0.3) is 0 Å². The van der Waals surface area contributed by atoms with E-state index in [-0.39, 0.29) is 0 Å². The van der Waals surface area contributed by atoms with Crippen molar-refractivity contribution in [2.75, 3.05) is 4.90 Å². The zero-order valence-corrected chi connectivity index (χ0v) is 29.1. The van der Waals surface area contributed by atoms with Gasteiger partial charge in [-0.15, -0.1) is 22.7 Å². The molecule has 51 heavy (non-hydrogen) atoms. The van der Waals surface area contributed by atoms with Crippen LogP contribution in [0.15, 0.2) is 176 Å². The first kappa shape index (κ1) is 28.8. The van der Waals surface area contributed by atoms with E-state index in [1.54, 1.807) is 0 Å². The molecule has 0 radical (unpaired) electrons. The lowest BCUT2D eigenvalue weighted by molar-refractivity contribution is 1.30. The maximum absolute atomic E-state index is 2.47. The van der Waals surface area contributed by atoms with Gasteiger partial charge >= 0.3 is 0 Å². The maximum atomic E-state index is 2.47. The van der Waals surface area contributed by atoms with Crippen LogP contribution >= 0.6 is 22.7 Å². The molecule has 11 aromatic rings. The minimum Gasteiger partial charge on any atom is -0.310 e. The van der Waals surface area contributed by atoms with E-state index in [0.717, 1.165) is 17.1 Å². The number of rotatable bonds is 4. The second kappa shape index (κ2) is 11.3. The first-order valence-corrected chi connectivity index (χ1v) is 19.0. The van der Waals surface area contributed by atoms with Crippen molar-refractivity contribution in [3.05, 3.63) is 176 Å². The Kier molecular flexibility index (Phi) is 6.36. The molecule has 2 heterocycles. The molecule has 0 aliphatic heterocycles. The third-order valence-corrected chi connectivity index (χ3v) is 12.8. The van der Waals surface area contributed by atoms with Gasteiger partial charge in [0.1, 0.15) is 0 Å². The average molecular weight is 684 g/mol. The number of nitrogens with zero attached hydrogens (tertiary/aromatic N) is 1. The van der Waals surface area contributed by atoms with Gasteiger partial charge in [0.05, 0.1) is 0 Å². The highest BCUT2D eigenvalue weighted by Crippen LogP contribution is 2.48. The molecule has 0 aliphatic rings. The topological polar surface area (TPSA) is 3.24 Å². The third kappa shape index (κ3) is 4.52. The monoisotopic (exact) mass is 683 g/mol. The number of hydrogen-bond acceptors (Lipinski definition) is 3. The fourth-order valence-corrected chi connectivity index (χ4v) is 10.4. The van der Waals surface area contributed by atoms with Crippen LogP contribution < -0.4 is 4.90 Å². The largest absolute Gasteiger partial charge is 0.310 e. The molecule has 238 valence electrons. The van der Waals surface area contributed by atoms with E-state index in [0.29, 0.717) is 0 Å². The summed E-state index contributed by atoms with van der Waals surface area (Å²) < 4.78 is 5.32. The normalized spacial score (nSPS) is 11.9. The van der Waals surface area contributed by atoms with Crippen LogP contribution in [0, 0.1) is 0 Å². The Morgan fingerprint density at radius 2 is 0.824 bits per heavy atom. The number of thiophene rings is 2. The van der Waals surface area contributed by atoms with E-state index in [1.807, 2.05) is 22.7 Å². The van der Waals surface area contributed by atoms with E-state index in [2.05, 4.69) is 181 Å². The molecule has 0 unspecified atom stereocenters. The highest BCUT2D eigenvalue weighted by atomic mass is 32.1.